The molecule has 4 rings (SSSR count). The van der Waals surface area contributed by atoms with Crippen LogP contribution in [0.3, 0.4) is 0 Å². The lowest BCUT2D eigenvalue weighted by Crippen LogP contribution is -2.41. The molecule has 1 aliphatic rings. The molecule has 0 spiro atoms. The van der Waals surface area contributed by atoms with Gasteiger partial charge in [-0.1, -0.05) is 48.5 Å². The molecule has 2 amide bonds. The van der Waals surface area contributed by atoms with E-state index in [4.69, 9.17) is 4.74 Å². The Hall–Kier alpha value is -3.34. The summed E-state index contributed by atoms with van der Waals surface area (Å²) in [7, 11) is 0. The molecule has 0 aromatic heterocycles. The Morgan fingerprint density at radius 3 is 2.70 bits per heavy atom. The maximum absolute atomic E-state index is 13.0. The molecule has 0 fully saturated rings. The molecule has 1 atom stereocenters. The van der Waals surface area contributed by atoms with E-state index in [1.807, 2.05) is 67.6 Å². The van der Waals surface area contributed by atoms with Crippen LogP contribution in [0.25, 0.3) is 10.8 Å². The molecule has 0 aliphatic carbocycles. The van der Waals surface area contributed by atoms with Gasteiger partial charge < -0.3 is 15.0 Å². The van der Waals surface area contributed by atoms with Crippen molar-refractivity contribution in [3.05, 3.63) is 66.7 Å². The van der Waals surface area contributed by atoms with Crippen molar-refractivity contribution in [2.45, 2.75) is 19.4 Å². The van der Waals surface area contributed by atoms with Crippen molar-refractivity contribution in [2.24, 2.45) is 0 Å². The first kappa shape index (κ1) is 17.1. The van der Waals surface area contributed by atoms with Gasteiger partial charge in [0.05, 0.1) is 11.4 Å². The first-order chi connectivity index (χ1) is 13.1. The molecule has 1 aliphatic heterocycles. The van der Waals surface area contributed by atoms with Crippen LogP contribution in [0.15, 0.2) is 66.7 Å². The van der Waals surface area contributed by atoms with Crippen molar-refractivity contribution in [3.63, 3.8) is 0 Å². The molecule has 5 nitrogen and oxygen atoms in total. The number of para-hydroxylation sites is 2. The van der Waals surface area contributed by atoms with E-state index < -0.39 is 0 Å². The van der Waals surface area contributed by atoms with Crippen LogP contribution >= 0.6 is 0 Å². The number of fused-ring (bicyclic) bond motifs is 2. The Balaban J connectivity index is 1.59. The number of hydrogen-bond donors (Lipinski definition) is 1. The molecule has 5 heteroatoms. The summed E-state index contributed by atoms with van der Waals surface area (Å²) in [6.07, 6.45) is 0.245. The average Bonchev–Trinajstić information content (AvgIpc) is 2.80. The second-order valence-corrected chi connectivity index (χ2v) is 6.65. The summed E-state index contributed by atoms with van der Waals surface area (Å²) in [4.78, 5) is 26.7. The molecule has 0 radical (unpaired) electrons. The van der Waals surface area contributed by atoms with Gasteiger partial charge in [0.25, 0.3) is 5.91 Å². The highest BCUT2D eigenvalue weighted by Gasteiger charge is 2.29. The summed E-state index contributed by atoms with van der Waals surface area (Å²) in [5, 5.41) is 4.89. The van der Waals surface area contributed by atoms with Crippen molar-refractivity contribution in [1.82, 2.24) is 0 Å². The fourth-order valence-electron chi connectivity index (χ4n) is 3.50. The predicted octanol–water partition coefficient (Wildman–Crippen LogP) is 3.98. The van der Waals surface area contributed by atoms with Gasteiger partial charge >= 0.3 is 0 Å². The van der Waals surface area contributed by atoms with E-state index in [0.717, 1.165) is 10.8 Å². The average molecular weight is 360 g/mol. The highest BCUT2D eigenvalue weighted by molar-refractivity contribution is 6.04. The summed E-state index contributed by atoms with van der Waals surface area (Å²) in [6, 6.07) is 20.8. The minimum atomic E-state index is -0.253. The van der Waals surface area contributed by atoms with Crippen LogP contribution in [-0.2, 0) is 9.59 Å². The van der Waals surface area contributed by atoms with Gasteiger partial charge in [0.15, 0.2) is 6.61 Å². The third-order valence-corrected chi connectivity index (χ3v) is 4.73. The van der Waals surface area contributed by atoms with E-state index in [2.05, 4.69) is 5.32 Å². The van der Waals surface area contributed by atoms with Crippen LogP contribution in [0.5, 0.6) is 5.75 Å². The molecule has 0 bridgehead atoms. The maximum atomic E-state index is 13.0. The minimum absolute atomic E-state index is 0.0964. The number of carbonyl (C=O) groups is 2. The summed E-state index contributed by atoms with van der Waals surface area (Å²) < 4.78 is 5.87. The zero-order chi connectivity index (χ0) is 18.8. The fraction of sp³-hybridized carbons (Fsp3) is 0.182. The highest BCUT2D eigenvalue weighted by atomic mass is 16.5. The Kier molecular flexibility index (Phi) is 4.50. The fourth-order valence-corrected chi connectivity index (χ4v) is 3.50. The minimum Gasteiger partial charge on any atom is -0.483 e. The van der Waals surface area contributed by atoms with Crippen molar-refractivity contribution >= 4 is 34.0 Å². The number of nitrogens with zero attached hydrogens (tertiary/aromatic N) is 1. The van der Waals surface area contributed by atoms with Crippen LogP contribution in [0, 0.1) is 0 Å². The molecule has 1 N–H and O–H groups in total. The number of ether oxygens (including phenoxy) is 1. The second-order valence-electron chi connectivity index (χ2n) is 6.65. The van der Waals surface area contributed by atoms with E-state index in [1.165, 1.54) is 0 Å². The molecule has 27 heavy (non-hydrogen) atoms. The predicted molar refractivity (Wildman–Crippen MR) is 106 cm³/mol. The van der Waals surface area contributed by atoms with Gasteiger partial charge in [0.2, 0.25) is 5.91 Å². The van der Waals surface area contributed by atoms with E-state index in [0.29, 0.717) is 17.1 Å². The first-order valence-electron chi connectivity index (χ1n) is 8.95. The summed E-state index contributed by atoms with van der Waals surface area (Å²) in [5.41, 5.74) is 1.34. The highest BCUT2D eigenvalue weighted by Crippen LogP contribution is 2.31. The zero-order valence-electron chi connectivity index (χ0n) is 15.0. The molecular weight excluding hydrogens is 340 g/mol. The van der Waals surface area contributed by atoms with E-state index in [1.54, 1.807) is 11.0 Å². The second kappa shape index (κ2) is 7.11. The van der Waals surface area contributed by atoms with Crippen LogP contribution in [-0.4, -0.2) is 24.5 Å². The molecular formula is C22H20N2O3. The lowest BCUT2D eigenvalue weighted by molar-refractivity contribution is -0.121. The van der Waals surface area contributed by atoms with E-state index in [-0.39, 0.29) is 30.9 Å². The van der Waals surface area contributed by atoms with Crippen molar-refractivity contribution < 1.29 is 14.3 Å². The number of nitrogens with one attached hydrogen (secondary N) is 1. The van der Waals surface area contributed by atoms with Crippen molar-refractivity contribution in [3.8, 4) is 5.75 Å². The normalized spacial score (nSPS) is 16.4. The van der Waals surface area contributed by atoms with Gasteiger partial charge in [-0.3, -0.25) is 9.59 Å². The maximum Gasteiger partial charge on any atom is 0.265 e. The Labute approximate surface area is 157 Å². The number of carbonyl (C=O) groups excluding carboxylic acids is 2. The van der Waals surface area contributed by atoms with Crippen molar-refractivity contribution in [2.75, 3.05) is 16.8 Å². The van der Waals surface area contributed by atoms with Crippen LogP contribution in [0.1, 0.15) is 13.3 Å². The monoisotopic (exact) mass is 360 g/mol. The SMILES string of the molecule is C[C@H]1CC(=O)Nc2ccccc2N1C(=O)COc1cccc2ccccc12. The lowest BCUT2D eigenvalue weighted by Gasteiger charge is -2.27. The van der Waals surface area contributed by atoms with Crippen LogP contribution in [0.4, 0.5) is 11.4 Å². The van der Waals surface area contributed by atoms with E-state index in [9.17, 15) is 9.59 Å². The topological polar surface area (TPSA) is 58.6 Å². The third kappa shape index (κ3) is 3.36. The number of anilines is 2. The Bertz CT molecular complexity index is 1010. The smallest absolute Gasteiger partial charge is 0.265 e. The van der Waals surface area contributed by atoms with Gasteiger partial charge in [-0.25, -0.2) is 0 Å². The molecule has 0 saturated carbocycles. The Morgan fingerprint density at radius 1 is 1.07 bits per heavy atom. The van der Waals surface area contributed by atoms with E-state index >= 15 is 0 Å². The Morgan fingerprint density at radius 2 is 1.81 bits per heavy atom. The number of rotatable bonds is 3. The number of hydrogen-bond acceptors (Lipinski definition) is 3. The van der Waals surface area contributed by atoms with Gasteiger partial charge in [0.1, 0.15) is 5.75 Å². The first-order valence-corrected chi connectivity index (χ1v) is 8.95. The van der Waals surface area contributed by atoms with Gasteiger partial charge in [-0.2, -0.15) is 0 Å². The standard InChI is InChI=1S/C22H20N2O3/c1-15-13-21(25)23-18-10-4-5-11-19(18)24(15)22(26)14-27-20-12-6-8-16-7-2-3-9-17(16)20/h2-12,15H,13-14H2,1H3,(H,23,25)/t15-/m0/s1. The largest absolute Gasteiger partial charge is 0.483 e. The zero-order valence-corrected chi connectivity index (χ0v) is 15.0. The van der Waals surface area contributed by atoms with Gasteiger partial charge in [-0.05, 0) is 30.5 Å². The molecule has 1 heterocycles. The quantitative estimate of drug-likeness (QED) is 0.768. The van der Waals surface area contributed by atoms with Crippen LogP contribution < -0.4 is 15.0 Å². The van der Waals surface area contributed by atoms with Gasteiger partial charge in [-0.15, -0.1) is 0 Å². The molecule has 136 valence electrons. The lowest BCUT2D eigenvalue weighted by atomic mass is 10.1. The van der Waals surface area contributed by atoms with Crippen molar-refractivity contribution in [1.29, 1.82) is 0 Å². The molecule has 3 aromatic carbocycles. The summed E-state index contributed by atoms with van der Waals surface area (Å²) in [5.74, 6) is 0.394. The number of benzene rings is 3. The summed E-state index contributed by atoms with van der Waals surface area (Å²) >= 11 is 0. The van der Waals surface area contributed by atoms with Gasteiger partial charge in [0, 0.05) is 17.8 Å². The molecule has 3 aromatic rings. The third-order valence-electron chi connectivity index (χ3n) is 4.73. The summed E-state index contributed by atoms with van der Waals surface area (Å²) in [6.45, 7) is 1.78. The molecule has 0 saturated heterocycles. The molecule has 0 unspecified atom stereocenters. The number of amides is 2. The van der Waals surface area contributed by atoms with Crippen LogP contribution in [0.2, 0.25) is 0 Å².